The second-order valence-electron chi connectivity index (χ2n) is 7.58. The summed E-state index contributed by atoms with van der Waals surface area (Å²) in [7, 11) is 1.75. The van der Waals surface area contributed by atoms with Crippen LogP contribution >= 0.6 is 0 Å². The van der Waals surface area contributed by atoms with Gasteiger partial charge in [-0.25, -0.2) is 0 Å². The Hall–Kier alpha value is -1.52. The molecule has 1 aliphatic heterocycles. The van der Waals surface area contributed by atoms with E-state index in [2.05, 4.69) is 47.7 Å². The van der Waals surface area contributed by atoms with Gasteiger partial charge in [0, 0.05) is 23.1 Å². The number of likely N-dealkylation sites (tertiary alicyclic amines) is 1. The summed E-state index contributed by atoms with van der Waals surface area (Å²) in [6.45, 7) is 8.93. The number of hydrogen-bond acceptors (Lipinski definition) is 3. The van der Waals surface area contributed by atoms with Gasteiger partial charge in [-0.3, -0.25) is 0 Å². The first-order valence-electron chi connectivity index (χ1n) is 9.75. The minimum absolute atomic E-state index is 0.473. The molecule has 0 bridgehead atoms. The van der Waals surface area contributed by atoms with Crippen molar-refractivity contribution < 1.29 is 4.74 Å². The molecule has 1 aromatic heterocycles. The molecular formula is C21H33N3O. The van der Waals surface area contributed by atoms with E-state index in [1.165, 1.54) is 55.4 Å². The third kappa shape index (κ3) is 4.01. The smallest absolute Gasteiger partial charge is 0.119 e. The van der Waals surface area contributed by atoms with Crippen LogP contribution in [0.25, 0.3) is 10.9 Å². The van der Waals surface area contributed by atoms with E-state index in [4.69, 9.17) is 10.5 Å². The standard InChI is InChI=1S/C21H33N3O/c1-16(2)24-15-20(19-14-18(25-3)6-7-21(19)24)17-8-12-23(13-9-17)11-5-4-10-22/h6-7,14-17H,4-5,8-13,22H2,1-3H3. The average Bonchev–Trinajstić information content (AvgIpc) is 3.01. The summed E-state index contributed by atoms with van der Waals surface area (Å²) in [4.78, 5) is 2.61. The summed E-state index contributed by atoms with van der Waals surface area (Å²) >= 11 is 0. The fourth-order valence-corrected chi connectivity index (χ4v) is 4.09. The van der Waals surface area contributed by atoms with Gasteiger partial charge in [-0.2, -0.15) is 0 Å². The quantitative estimate of drug-likeness (QED) is 0.768. The summed E-state index contributed by atoms with van der Waals surface area (Å²) < 4.78 is 7.89. The van der Waals surface area contributed by atoms with Crippen molar-refractivity contribution in [3.8, 4) is 5.75 Å². The van der Waals surface area contributed by atoms with Gasteiger partial charge in [0.1, 0.15) is 5.75 Å². The van der Waals surface area contributed by atoms with Crippen molar-refractivity contribution >= 4 is 10.9 Å². The first kappa shape index (κ1) is 18.3. The highest BCUT2D eigenvalue weighted by atomic mass is 16.5. The molecule has 1 saturated heterocycles. The van der Waals surface area contributed by atoms with Crippen LogP contribution < -0.4 is 10.5 Å². The highest BCUT2D eigenvalue weighted by Crippen LogP contribution is 2.37. The van der Waals surface area contributed by atoms with Crippen LogP contribution in [0.15, 0.2) is 24.4 Å². The maximum atomic E-state index is 5.61. The first-order chi connectivity index (χ1) is 12.1. The number of fused-ring (bicyclic) bond motifs is 1. The van der Waals surface area contributed by atoms with Crippen LogP contribution in [-0.4, -0.2) is 42.8 Å². The summed E-state index contributed by atoms with van der Waals surface area (Å²) in [5.41, 5.74) is 8.45. The van der Waals surface area contributed by atoms with Crippen molar-refractivity contribution in [3.05, 3.63) is 30.0 Å². The van der Waals surface area contributed by atoms with E-state index >= 15 is 0 Å². The molecule has 2 aromatic rings. The van der Waals surface area contributed by atoms with Crippen LogP contribution in [0, 0.1) is 0 Å². The van der Waals surface area contributed by atoms with Crippen molar-refractivity contribution in [2.24, 2.45) is 5.73 Å². The van der Waals surface area contributed by atoms with E-state index in [0.717, 1.165) is 18.7 Å². The first-order valence-corrected chi connectivity index (χ1v) is 9.75. The summed E-state index contributed by atoms with van der Waals surface area (Å²) in [6, 6.07) is 6.97. The summed E-state index contributed by atoms with van der Waals surface area (Å²) in [6.07, 6.45) is 7.25. The minimum Gasteiger partial charge on any atom is -0.497 e. The Labute approximate surface area is 151 Å². The highest BCUT2D eigenvalue weighted by Gasteiger charge is 2.24. The number of hydrogen-bond donors (Lipinski definition) is 1. The van der Waals surface area contributed by atoms with E-state index < -0.39 is 0 Å². The molecule has 0 spiro atoms. The van der Waals surface area contributed by atoms with Gasteiger partial charge < -0.3 is 19.9 Å². The molecule has 1 fully saturated rings. The number of rotatable bonds is 7. The van der Waals surface area contributed by atoms with Crippen molar-refractivity contribution in [1.29, 1.82) is 0 Å². The maximum absolute atomic E-state index is 5.61. The molecule has 0 amide bonds. The number of benzene rings is 1. The molecule has 0 atom stereocenters. The Morgan fingerprint density at radius 2 is 1.96 bits per heavy atom. The van der Waals surface area contributed by atoms with Crippen molar-refractivity contribution in [3.63, 3.8) is 0 Å². The Balaban J connectivity index is 1.79. The number of piperidine rings is 1. The fraction of sp³-hybridized carbons (Fsp3) is 0.619. The Morgan fingerprint density at radius 1 is 1.20 bits per heavy atom. The Morgan fingerprint density at radius 3 is 2.60 bits per heavy atom. The third-order valence-corrected chi connectivity index (χ3v) is 5.58. The average molecular weight is 344 g/mol. The van der Waals surface area contributed by atoms with Crippen LogP contribution in [0.5, 0.6) is 5.75 Å². The number of unbranched alkanes of at least 4 members (excludes halogenated alkanes) is 1. The highest BCUT2D eigenvalue weighted by molar-refractivity contribution is 5.86. The van der Waals surface area contributed by atoms with E-state index in [1.807, 2.05) is 0 Å². The summed E-state index contributed by atoms with van der Waals surface area (Å²) in [5.74, 6) is 1.61. The maximum Gasteiger partial charge on any atom is 0.119 e. The number of nitrogens with two attached hydrogens (primary N) is 1. The van der Waals surface area contributed by atoms with Crippen LogP contribution in [0.1, 0.15) is 57.1 Å². The molecule has 25 heavy (non-hydrogen) atoms. The van der Waals surface area contributed by atoms with Gasteiger partial charge in [0.2, 0.25) is 0 Å². The van der Waals surface area contributed by atoms with Crippen molar-refractivity contribution in [2.75, 3.05) is 33.3 Å². The molecule has 138 valence electrons. The normalized spacial score (nSPS) is 16.8. The zero-order valence-corrected chi connectivity index (χ0v) is 16.0. The van der Waals surface area contributed by atoms with E-state index in [-0.39, 0.29) is 0 Å². The number of nitrogens with zero attached hydrogens (tertiary/aromatic N) is 2. The Kier molecular flexibility index (Phi) is 6.02. The molecule has 4 heteroatoms. The monoisotopic (exact) mass is 343 g/mol. The van der Waals surface area contributed by atoms with Gasteiger partial charge >= 0.3 is 0 Å². The number of methoxy groups -OCH3 is 1. The predicted molar refractivity (Wildman–Crippen MR) is 106 cm³/mol. The van der Waals surface area contributed by atoms with Crippen LogP contribution in [0.4, 0.5) is 0 Å². The van der Waals surface area contributed by atoms with Gasteiger partial charge in [-0.15, -0.1) is 0 Å². The van der Waals surface area contributed by atoms with Gasteiger partial charge in [0.25, 0.3) is 0 Å². The number of ether oxygens (including phenoxy) is 1. The molecule has 0 radical (unpaired) electrons. The number of aromatic nitrogens is 1. The second kappa shape index (κ2) is 8.24. The largest absolute Gasteiger partial charge is 0.497 e. The third-order valence-electron chi connectivity index (χ3n) is 5.58. The molecule has 2 N–H and O–H groups in total. The lowest BCUT2D eigenvalue weighted by molar-refractivity contribution is 0.209. The van der Waals surface area contributed by atoms with Crippen molar-refractivity contribution in [1.82, 2.24) is 9.47 Å². The van der Waals surface area contributed by atoms with Gasteiger partial charge in [0.05, 0.1) is 7.11 Å². The molecule has 3 rings (SSSR count). The van der Waals surface area contributed by atoms with E-state index in [1.54, 1.807) is 7.11 Å². The van der Waals surface area contributed by atoms with E-state index in [0.29, 0.717) is 12.0 Å². The van der Waals surface area contributed by atoms with Crippen LogP contribution in [0.2, 0.25) is 0 Å². The van der Waals surface area contributed by atoms with Crippen LogP contribution in [-0.2, 0) is 0 Å². The van der Waals surface area contributed by atoms with Crippen LogP contribution in [0.3, 0.4) is 0 Å². The predicted octanol–water partition coefficient (Wildman–Crippen LogP) is 4.15. The second-order valence-corrected chi connectivity index (χ2v) is 7.58. The van der Waals surface area contributed by atoms with Gasteiger partial charge in [0.15, 0.2) is 0 Å². The zero-order valence-electron chi connectivity index (χ0n) is 16.0. The lowest BCUT2D eigenvalue weighted by atomic mass is 9.89. The summed E-state index contributed by atoms with van der Waals surface area (Å²) in [5, 5.41) is 1.37. The molecule has 1 aliphatic rings. The molecular weight excluding hydrogens is 310 g/mol. The van der Waals surface area contributed by atoms with Gasteiger partial charge in [-0.05, 0) is 95.4 Å². The lowest BCUT2D eigenvalue weighted by Gasteiger charge is -2.32. The lowest BCUT2D eigenvalue weighted by Crippen LogP contribution is -2.33. The molecule has 2 heterocycles. The fourth-order valence-electron chi connectivity index (χ4n) is 4.09. The molecule has 0 unspecified atom stereocenters. The van der Waals surface area contributed by atoms with Crippen molar-refractivity contribution in [2.45, 2.75) is 51.5 Å². The minimum atomic E-state index is 0.473. The molecule has 4 nitrogen and oxygen atoms in total. The van der Waals surface area contributed by atoms with Gasteiger partial charge in [-0.1, -0.05) is 0 Å². The Bertz CT molecular complexity index is 684. The molecule has 0 aliphatic carbocycles. The SMILES string of the molecule is COc1ccc2c(c1)c(C1CCN(CCCCN)CC1)cn2C(C)C. The molecule has 1 aromatic carbocycles. The molecule has 0 saturated carbocycles. The van der Waals surface area contributed by atoms with E-state index in [9.17, 15) is 0 Å². The zero-order chi connectivity index (χ0) is 17.8. The topological polar surface area (TPSA) is 43.4 Å².